The van der Waals surface area contributed by atoms with Gasteiger partial charge in [0.2, 0.25) is 0 Å². The lowest BCUT2D eigenvalue weighted by Gasteiger charge is -2.10. The standard InChI is InChI=1S/C11H12BrN/c1-7(13)9-6-5-8-3-2-4-10(12)11(8)9/h2-4,6-7H,5,13H2,1H3. The van der Waals surface area contributed by atoms with Gasteiger partial charge in [0.05, 0.1) is 0 Å². The molecule has 0 radical (unpaired) electrons. The number of halogens is 1. The Morgan fingerprint density at radius 2 is 2.23 bits per heavy atom. The van der Waals surface area contributed by atoms with Gasteiger partial charge in [-0.15, -0.1) is 0 Å². The highest BCUT2D eigenvalue weighted by molar-refractivity contribution is 9.10. The molecule has 0 saturated heterocycles. The van der Waals surface area contributed by atoms with Crippen LogP contribution in [-0.4, -0.2) is 6.04 Å². The van der Waals surface area contributed by atoms with E-state index in [9.17, 15) is 0 Å². The Balaban J connectivity index is 2.54. The molecule has 0 bridgehead atoms. The molecule has 0 amide bonds. The number of allylic oxidation sites excluding steroid dienone is 1. The predicted molar refractivity (Wildman–Crippen MR) is 59.5 cm³/mol. The molecule has 0 spiro atoms. The molecule has 13 heavy (non-hydrogen) atoms. The summed E-state index contributed by atoms with van der Waals surface area (Å²) in [6.45, 7) is 2.03. The van der Waals surface area contributed by atoms with E-state index in [-0.39, 0.29) is 6.04 Å². The van der Waals surface area contributed by atoms with Gasteiger partial charge in [-0.25, -0.2) is 0 Å². The first-order valence-electron chi connectivity index (χ1n) is 4.43. The summed E-state index contributed by atoms with van der Waals surface area (Å²) < 4.78 is 1.16. The van der Waals surface area contributed by atoms with Crippen LogP contribution in [0.2, 0.25) is 0 Å². The highest BCUT2D eigenvalue weighted by atomic mass is 79.9. The first kappa shape index (κ1) is 8.97. The molecule has 2 N–H and O–H groups in total. The van der Waals surface area contributed by atoms with E-state index in [1.54, 1.807) is 0 Å². The van der Waals surface area contributed by atoms with Crippen molar-refractivity contribution >= 4 is 21.5 Å². The van der Waals surface area contributed by atoms with Crippen molar-refractivity contribution in [2.24, 2.45) is 5.73 Å². The number of nitrogens with two attached hydrogens (primary N) is 1. The van der Waals surface area contributed by atoms with Crippen molar-refractivity contribution in [2.75, 3.05) is 0 Å². The molecule has 1 atom stereocenters. The fourth-order valence-corrected chi connectivity index (χ4v) is 2.43. The number of hydrogen-bond donors (Lipinski definition) is 1. The van der Waals surface area contributed by atoms with Crippen LogP contribution in [0, 0.1) is 0 Å². The molecule has 1 unspecified atom stereocenters. The summed E-state index contributed by atoms with van der Waals surface area (Å²) in [5.41, 5.74) is 9.84. The zero-order valence-electron chi connectivity index (χ0n) is 7.55. The maximum atomic E-state index is 5.89. The quantitative estimate of drug-likeness (QED) is 0.799. The molecule has 0 aromatic heterocycles. The van der Waals surface area contributed by atoms with E-state index in [1.807, 2.05) is 6.92 Å². The Bertz CT molecular complexity index is 366. The van der Waals surface area contributed by atoms with Gasteiger partial charge in [-0.05, 0) is 36.1 Å². The topological polar surface area (TPSA) is 26.0 Å². The average Bonchev–Trinajstić information content (AvgIpc) is 2.49. The van der Waals surface area contributed by atoms with Gasteiger partial charge >= 0.3 is 0 Å². The molecule has 1 aliphatic carbocycles. The van der Waals surface area contributed by atoms with E-state index in [1.165, 1.54) is 16.7 Å². The summed E-state index contributed by atoms with van der Waals surface area (Å²) >= 11 is 3.56. The normalized spacial score (nSPS) is 16.7. The van der Waals surface area contributed by atoms with Crippen LogP contribution in [0.5, 0.6) is 0 Å². The van der Waals surface area contributed by atoms with Gasteiger partial charge in [0.15, 0.2) is 0 Å². The highest BCUT2D eigenvalue weighted by Gasteiger charge is 2.18. The second-order valence-corrected chi connectivity index (χ2v) is 4.28. The maximum absolute atomic E-state index is 5.89. The molecule has 0 saturated carbocycles. The molecule has 68 valence electrons. The third-order valence-corrected chi connectivity index (χ3v) is 3.08. The Hall–Kier alpha value is -0.600. The number of rotatable bonds is 1. The molecule has 1 nitrogen and oxygen atoms in total. The third-order valence-electron chi connectivity index (χ3n) is 2.42. The minimum Gasteiger partial charge on any atom is -0.324 e. The Labute approximate surface area is 86.8 Å². The smallest absolute Gasteiger partial charge is 0.0269 e. The Morgan fingerprint density at radius 1 is 1.46 bits per heavy atom. The molecule has 1 aliphatic rings. The summed E-state index contributed by atoms with van der Waals surface area (Å²) in [6, 6.07) is 6.42. The molecule has 0 aliphatic heterocycles. The molecule has 2 rings (SSSR count). The van der Waals surface area contributed by atoms with Gasteiger partial charge in [-0.2, -0.15) is 0 Å². The van der Waals surface area contributed by atoms with E-state index in [0.29, 0.717) is 0 Å². The summed E-state index contributed by atoms with van der Waals surface area (Å²) in [7, 11) is 0. The SMILES string of the molecule is CC(N)C1=CCc2cccc(Br)c21. The van der Waals surface area contributed by atoms with Gasteiger partial charge in [0, 0.05) is 10.5 Å². The molecular weight excluding hydrogens is 226 g/mol. The van der Waals surface area contributed by atoms with Crippen LogP contribution < -0.4 is 5.73 Å². The summed E-state index contributed by atoms with van der Waals surface area (Å²) in [5, 5.41) is 0. The van der Waals surface area contributed by atoms with Crippen molar-refractivity contribution in [2.45, 2.75) is 19.4 Å². The van der Waals surface area contributed by atoms with E-state index in [2.05, 4.69) is 40.2 Å². The van der Waals surface area contributed by atoms with Crippen LogP contribution in [-0.2, 0) is 6.42 Å². The van der Waals surface area contributed by atoms with Crippen LogP contribution in [0.3, 0.4) is 0 Å². The van der Waals surface area contributed by atoms with Gasteiger partial charge < -0.3 is 5.73 Å². The molecule has 1 aromatic carbocycles. The van der Waals surface area contributed by atoms with Crippen molar-refractivity contribution in [1.29, 1.82) is 0 Å². The van der Waals surface area contributed by atoms with Gasteiger partial charge in [0.1, 0.15) is 0 Å². The van der Waals surface area contributed by atoms with Crippen LogP contribution in [0.1, 0.15) is 18.1 Å². The van der Waals surface area contributed by atoms with E-state index in [4.69, 9.17) is 5.73 Å². The summed E-state index contributed by atoms with van der Waals surface area (Å²) in [6.07, 6.45) is 3.24. The largest absolute Gasteiger partial charge is 0.324 e. The molecule has 1 aromatic rings. The first-order chi connectivity index (χ1) is 6.20. The fraction of sp³-hybridized carbons (Fsp3) is 0.273. The zero-order valence-corrected chi connectivity index (χ0v) is 9.14. The first-order valence-corrected chi connectivity index (χ1v) is 5.23. The second-order valence-electron chi connectivity index (χ2n) is 3.43. The maximum Gasteiger partial charge on any atom is 0.0269 e. The Morgan fingerprint density at radius 3 is 2.92 bits per heavy atom. The van der Waals surface area contributed by atoms with Crippen molar-refractivity contribution in [3.8, 4) is 0 Å². The lowest BCUT2D eigenvalue weighted by Crippen LogP contribution is -2.16. The monoisotopic (exact) mass is 237 g/mol. The van der Waals surface area contributed by atoms with Crippen LogP contribution >= 0.6 is 15.9 Å². The average molecular weight is 238 g/mol. The third kappa shape index (κ3) is 1.45. The fourth-order valence-electron chi connectivity index (χ4n) is 1.80. The van der Waals surface area contributed by atoms with Gasteiger partial charge in [-0.1, -0.05) is 34.1 Å². The molecule has 0 fully saturated rings. The van der Waals surface area contributed by atoms with Gasteiger partial charge in [0.25, 0.3) is 0 Å². The number of benzene rings is 1. The molecule has 2 heteroatoms. The second kappa shape index (κ2) is 3.28. The van der Waals surface area contributed by atoms with Crippen LogP contribution in [0.25, 0.3) is 5.57 Å². The number of fused-ring (bicyclic) bond motifs is 1. The summed E-state index contributed by atoms with van der Waals surface area (Å²) in [4.78, 5) is 0. The van der Waals surface area contributed by atoms with E-state index >= 15 is 0 Å². The lowest BCUT2D eigenvalue weighted by atomic mass is 10.0. The van der Waals surface area contributed by atoms with Crippen LogP contribution in [0.15, 0.2) is 28.7 Å². The molecular formula is C11H12BrN. The Kier molecular flexibility index (Phi) is 2.26. The van der Waals surface area contributed by atoms with Crippen molar-refractivity contribution in [3.63, 3.8) is 0 Å². The van der Waals surface area contributed by atoms with Crippen molar-refractivity contribution in [3.05, 3.63) is 39.9 Å². The minimum atomic E-state index is 0.125. The molecule has 0 heterocycles. The number of hydrogen-bond acceptors (Lipinski definition) is 1. The lowest BCUT2D eigenvalue weighted by molar-refractivity contribution is 0.948. The van der Waals surface area contributed by atoms with E-state index in [0.717, 1.165) is 10.9 Å². The zero-order chi connectivity index (χ0) is 9.42. The van der Waals surface area contributed by atoms with Crippen molar-refractivity contribution in [1.82, 2.24) is 0 Å². The van der Waals surface area contributed by atoms with Crippen LogP contribution in [0.4, 0.5) is 0 Å². The predicted octanol–water partition coefficient (Wildman–Crippen LogP) is 2.74. The van der Waals surface area contributed by atoms with E-state index < -0.39 is 0 Å². The minimum absolute atomic E-state index is 0.125. The van der Waals surface area contributed by atoms with Gasteiger partial charge in [-0.3, -0.25) is 0 Å². The summed E-state index contributed by atoms with van der Waals surface area (Å²) in [5.74, 6) is 0. The highest BCUT2D eigenvalue weighted by Crippen LogP contribution is 2.34. The van der Waals surface area contributed by atoms with Crippen molar-refractivity contribution < 1.29 is 0 Å².